The third-order valence-electron chi connectivity index (χ3n) is 5.08. The molecule has 0 bridgehead atoms. The molecule has 4 nitrogen and oxygen atoms in total. The molecule has 0 aliphatic rings. The van der Waals surface area contributed by atoms with Crippen LogP contribution in [0, 0.1) is 12.7 Å². The van der Waals surface area contributed by atoms with Gasteiger partial charge in [-0.05, 0) is 44.4 Å². The van der Waals surface area contributed by atoms with Gasteiger partial charge in [0.2, 0.25) is 11.8 Å². The zero-order valence-corrected chi connectivity index (χ0v) is 19.0. The number of rotatable bonds is 10. The van der Waals surface area contributed by atoms with Crippen molar-refractivity contribution >= 4 is 23.6 Å². The molecule has 0 aliphatic heterocycles. The molecular weight excluding hydrogens is 399 g/mol. The summed E-state index contributed by atoms with van der Waals surface area (Å²) in [5.74, 6) is 0.0219. The van der Waals surface area contributed by atoms with Gasteiger partial charge in [-0.15, -0.1) is 11.8 Å². The number of carbonyl (C=O) groups is 2. The van der Waals surface area contributed by atoms with E-state index in [4.69, 9.17) is 0 Å². The highest BCUT2D eigenvalue weighted by molar-refractivity contribution is 7.99. The minimum atomic E-state index is -0.595. The van der Waals surface area contributed by atoms with Crippen molar-refractivity contribution in [2.75, 3.05) is 5.75 Å². The molecule has 0 aromatic heterocycles. The van der Waals surface area contributed by atoms with Crippen LogP contribution in [0.25, 0.3) is 0 Å². The zero-order chi connectivity index (χ0) is 22.1. The van der Waals surface area contributed by atoms with Gasteiger partial charge in [-0.1, -0.05) is 55.0 Å². The van der Waals surface area contributed by atoms with Gasteiger partial charge in [-0.25, -0.2) is 4.39 Å². The number of halogens is 1. The molecule has 2 aromatic rings. The van der Waals surface area contributed by atoms with Crippen molar-refractivity contribution < 1.29 is 14.0 Å². The summed E-state index contributed by atoms with van der Waals surface area (Å²) in [7, 11) is 0. The molecule has 2 atom stereocenters. The number of nitrogens with one attached hydrogen (secondary N) is 1. The molecule has 162 valence electrons. The molecular formula is C24H31FN2O2S. The minimum absolute atomic E-state index is 0.0479. The monoisotopic (exact) mass is 430 g/mol. The van der Waals surface area contributed by atoms with Crippen LogP contribution >= 0.6 is 11.8 Å². The van der Waals surface area contributed by atoms with Crippen molar-refractivity contribution in [1.29, 1.82) is 0 Å². The number of amides is 2. The summed E-state index contributed by atoms with van der Waals surface area (Å²) in [5, 5.41) is 2.96. The van der Waals surface area contributed by atoms with Crippen LogP contribution < -0.4 is 5.32 Å². The van der Waals surface area contributed by atoms with Crippen LogP contribution in [0.4, 0.5) is 4.39 Å². The fourth-order valence-corrected chi connectivity index (χ4v) is 3.78. The number of aryl methyl sites for hydroxylation is 1. The molecule has 0 saturated heterocycles. The fraction of sp³-hybridized carbons (Fsp3) is 0.417. The van der Waals surface area contributed by atoms with Gasteiger partial charge in [0.1, 0.15) is 11.9 Å². The van der Waals surface area contributed by atoms with E-state index in [9.17, 15) is 14.0 Å². The normalized spacial score (nSPS) is 12.8. The third kappa shape index (κ3) is 7.17. The summed E-state index contributed by atoms with van der Waals surface area (Å²) in [4.78, 5) is 27.3. The van der Waals surface area contributed by atoms with E-state index < -0.39 is 6.04 Å². The highest BCUT2D eigenvalue weighted by atomic mass is 32.2. The van der Waals surface area contributed by atoms with Gasteiger partial charge in [0.15, 0.2) is 0 Å². The van der Waals surface area contributed by atoms with E-state index in [2.05, 4.69) is 5.32 Å². The van der Waals surface area contributed by atoms with Gasteiger partial charge < -0.3 is 10.2 Å². The molecule has 30 heavy (non-hydrogen) atoms. The quantitative estimate of drug-likeness (QED) is 0.594. The molecule has 0 aliphatic carbocycles. The maximum absolute atomic E-state index is 13.8. The smallest absolute Gasteiger partial charge is 0.242 e. The van der Waals surface area contributed by atoms with Crippen LogP contribution in [0.3, 0.4) is 0 Å². The summed E-state index contributed by atoms with van der Waals surface area (Å²) in [6.45, 7) is 8.07. The molecule has 6 heteroatoms. The molecule has 0 unspecified atom stereocenters. The average Bonchev–Trinajstić information content (AvgIpc) is 2.73. The first-order valence-corrected chi connectivity index (χ1v) is 11.4. The highest BCUT2D eigenvalue weighted by Crippen LogP contribution is 2.18. The lowest BCUT2D eigenvalue weighted by Gasteiger charge is -2.29. The first kappa shape index (κ1) is 23.9. The molecule has 2 aromatic carbocycles. The van der Waals surface area contributed by atoms with Crippen molar-refractivity contribution in [2.24, 2.45) is 0 Å². The lowest BCUT2D eigenvalue weighted by atomic mass is 10.1. The van der Waals surface area contributed by atoms with Gasteiger partial charge >= 0.3 is 0 Å². The van der Waals surface area contributed by atoms with E-state index >= 15 is 0 Å². The largest absolute Gasteiger partial charge is 0.352 e. The second-order valence-corrected chi connectivity index (χ2v) is 8.57. The predicted molar refractivity (Wildman–Crippen MR) is 122 cm³/mol. The molecule has 0 spiro atoms. The van der Waals surface area contributed by atoms with Gasteiger partial charge in [-0.3, -0.25) is 9.59 Å². The SMILES string of the molecule is CC[C@H](C)NC(=O)[C@H](C)N(Cc1ccc(C)cc1)C(=O)CSCc1ccccc1F. The number of nitrogens with zero attached hydrogens (tertiary/aromatic N) is 1. The zero-order valence-electron chi connectivity index (χ0n) is 18.2. The molecule has 0 heterocycles. The molecule has 0 fully saturated rings. The summed E-state index contributed by atoms with van der Waals surface area (Å²) in [5.41, 5.74) is 2.68. The van der Waals surface area contributed by atoms with Crippen LogP contribution in [-0.4, -0.2) is 34.6 Å². The van der Waals surface area contributed by atoms with Crippen molar-refractivity contribution in [3.8, 4) is 0 Å². The Kier molecular flexibility index (Phi) is 9.37. The van der Waals surface area contributed by atoms with E-state index in [0.717, 1.165) is 17.5 Å². The van der Waals surface area contributed by atoms with Gasteiger partial charge in [0, 0.05) is 18.3 Å². The topological polar surface area (TPSA) is 49.4 Å². The van der Waals surface area contributed by atoms with Gasteiger partial charge in [-0.2, -0.15) is 0 Å². The Balaban J connectivity index is 2.08. The number of benzene rings is 2. The molecule has 2 rings (SSSR count). The highest BCUT2D eigenvalue weighted by Gasteiger charge is 2.26. The van der Waals surface area contributed by atoms with E-state index in [1.54, 1.807) is 30.0 Å². The number of carbonyl (C=O) groups excluding carboxylic acids is 2. The Labute approximate surface area is 183 Å². The van der Waals surface area contributed by atoms with Gasteiger partial charge in [0.25, 0.3) is 0 Å². The van der Waals surface area contributed by atoms with E-state index in [-0.39, 0.29) is 29.4 Å². The Morgan fingerprint density at radius 1 is 1.10 bits per heavy atom. The summed E-state index contributed by atoms with van der Waals surface area (Å²) in [6.07, 6.45) is 0.822. The Hall–Kier alpha value is -2.34. The summed E-state index contributed by atoms with van der Waals surface area (Å²) >= 11 is 1.35. The minimum Gasteiger partial charge on any atom is -0.352 e. The molecule has 1 N–H and O–H groups in total. The fourth-order valence-electron chi connectivity index (χ4n) is 2.88. The Bertz CT molecular complexity index is 841. The van der Waals surface area contributed by atoms with E-state index in [1.807, 2.05) is 45.0 Å². The van der Waals surface area contributed by atoms with Gasteiger partial charge in [0.05, 0.1) is 5.75 Å². The number of hydrogen-bond acceptors (Lipinski definition) is 3. The van der Waals surface area contributed by atoms with E-state index in [0.29, 0.717) is 17.9 Å². The van der Waals surface area contributed by atoms with E-state index in [1.165, 1.54) is 17.8 Å². The summed E-state index contributed by atoms with van der Waals surface area (Å²) in [6, 6.07) is 14.0. The third-order valence-corrected chi connectivity index (χ3v) is 6.05. The van der Waals surface area contributed by atoms with Crippen molar-refractivity contribution in [2.45, 2.75) is 58.5 Å². The van der Waals surface area contributed by atoms with Crippen molar-refractivity contribution in [1.82, 2.24) is 10.2 Å². The van der Waals surface area contributed by atoms with Crippen LogP contribution in [0.1, 0.15) is 43.9 Å². The Morgan fingerprint density at radius 3 is 2.40 bits per heavy atom. The van der Waals surface area contributed by atoms with Crippen LogP contribution in [-0.2, 0) is 21.9 Å². The summed E-state index contributed by atoms with van der Waals surface area (Å²) < 4.78 is 13.8. The van der Waals surface area contributed by atoms with Crippen LogP contribution in [0.2, 0.25) is 0 Å². The Morgan fingerprint density at radius 2 is 1.77 bits per heavy atom. The van der Waals surface area contributed by atoms with Crippen LogP contribution in [0.15, 0.2) is 48.5 Å². The average molecular weight is 431 g/mol. The molecule has 2 amide bonds. The second kappa shape index (κ2) is 11.7. The van der Waals surface area contributed by atoms with Crippen LogP contribution in [0.5, 0.6) is 0 Å². The standard InChI is InChI=1S/C24H31FN2O2S/c1-5-18(3)26-24(29)19(4)27(14-20-12-10-17(2)11-13-20)23(28)16-30-15-21-8-6-7-9-22(21)25/h6-13,18-19H,5,14-16H2,1-4H3,(H,26,29)/t18-,19-/m0/s1. The van der Waals surface area contributed by atoms with Crippen molar-refractivity contribution in [3.63, 3.8) is 0 Å². The second-order valence-electron chi connectivity index (χ2n) is 7.59. The lowest BCUT2D eigenvalue weighted by molar-refractivity contribution is -0.138. The lowest BCUT2D eigenvalue weighted by Crippen LogP contribution is -2.50. The number of thioether (sulfide) groups is 1. The van der Waals surface area contributed by atoms with Crippen molar-refractivity contribution in [3.05, 3.63) is 71.0 Å². The number of hydrogen-bond donors (Lipinski definition) is 1. The molecule has 0 saturated carbocycles. The first-order chi connectivity index (χ1) is 14.3. The predicted octanol–water partition coefficient (Wildman–Crippen LogP) is 4.70. The maximum Gasteiger partial charge on any atom is 0.242 e. The molecule has 0 radical (unpaired) electrons. The maximum atomic E-state index is 13.8. The first-order valence-electron chi connectivity index (χ1n) is 10.3.